The Morgan fingerprint density at radius 2 is 2.32 bits per heavy atom. The first-order chi connectivity index (χ1) is 12.2. The van der Waals surface area contributed by atoms with E-state index >= 15 is 0 Å². The summed E-state index contributed by atoms with van der Waals surface area (Å²) in [4.78, 5) is 20.0. The van der Waals surface area contributed by atoms with Crippen LogP contribution < -0.4 is 4.74 Å². The Bertz CT molecular complexity index is 768. The van der Waals surface area contributed by atoms with Gasteiger partial charge in [-0.1, -0.05) is 12.1 Å². The van der Waals surface area contributed by atoms with Crippen molar-refractivity contribution in [1.29, 1.82) is 0 Å². The van der Waals surface area contributed by atoms with Crippen molar-refractivity contribution in [2.45, 2.75) is 25.8 Å². The van der Waals surface area contributed by atoms with Crippen LogP contribution in [0.15, 0.2) is 30.5 Å². The molecule has 2 aliphatic heterocycles. The molecule has 1 amide bonds. The summed E-state index contributed by atoms with van der Waals surface area (Å²) in [5.74, 6) is 1.07. The van der Waals surface area contributed by atoms with Gasteiger partial charge in [-0.3, -0.25) is 4.79 Å². The zero-order chi connectivity index (χ0) is 17.3. The smallest absolute Gasteiger partial charge is 0.222 e. The molecule has 0 saturated carbocycles. The number of piperidine rings is 1. The lowest BCUT2D eigenvalue weighted by atomic mass is 9.79. The van der Waals surface area contributed by atoms with Gasteiger partial charge in [0.05, 0.1) is 20.3 Å². The summed E-state index contributed by atoms with van der Waals surface area (Å²) >= 11 is 1.64. The molecule has 2 saturated heterocycles. The summed E-state index contributed by atoms with van der Waals surface area (Å²) in [5, 5.41) is 0.956. The average Bonchev–Trinajstić information content (AvgIpc) is 3.29. The van der Waals surface area contributed by atoms with Gasteiger partial charge in [0, 0.05) is 41.6 Å². The molecule has 3 heterocycles. The Hall–Kier alpha value is -1.92. The van der Waals surface area contributed by atoms with Crippen LogP contribution in [0, 0.1) is 5.41 Å². The van der Waals surface area contributed by atoms with Gasteiger partial charge in [-0.25, -0.2) is 4.98 Å². The summed E-state index contributed by atoms with van der Waals surface area (Å²) in [7, 11) is 1.66. The van der Waals surface area contributed by atoms with Crippen molar-refractivity contribution in [2.24, 2.45) is 5.41 Å². The lowest BCUT2D eigenvalue weighted by Crippen LogP contribution is -2.46. The third-order valence-corrected chi connectivity index (χ3v) is 6.18. The van der Waals surface area contributed by atoms with Crippen molar-refractivity contribution >= 4 is 17.2 Å². The lowest BCUT2D eigenvalue weighted by Gasteiger charge is -2.39. The van der Waals surface area contributed by atoms with Crippen molar-refractivity contribution < 1.29 is 14.3 Å². The zero-order valence-electron chi connectivity index (χ0n) is 14.4. The molecule has 2 aromatic rings. The molecule has 6 heteroatoms. The highest BCUT2D eigenvalue weighted by atomic mass is 32.1. The number of nitrogens with zero attached hydrogens (tertiary/aromatic N) is 2. The molecule has 2 aliphatic rings. The minimum atomic E-state index is 0.175. The fourth-order valence-corrected chi connectivity index (χ4v) is 4.60. The number of benzene rings is 1. The van der Waals surface area contributed by atoms with E-state index < -0.39 is 0 Å². The Kier molecular flexibility index (Phi) is 4.48. The first kappa shape index (κ1) is 16.5. The molecule has 1 aromatic heterocycles. The number of ether oxygens (including phenoxy) is 2. The molecule has 1 atom stereocenters. The van der Waals surface area contributed by atoms with Crippen LogP contribution in [0.25, 0.3) is 10.6 Å². The van der Waals surface area contributed by atoms with Crippen LogP contribution in [0.1, 0.15) is 24.1 Å². The molecule has 132 valence electrons. The van der Waals surface area contributed by atoms with Gasteiger partial charge in [0.15, 0.2) is 0 Å². The van der Waals surface area contributed by atoms with Gasteiger partial charge < -0.3 is 14.4 Å². The standard InChI is InChI=1S/C19H22N2O3S/c1-23-15-4-2-3-14(9-15)18-20-10-16(25-18)11-21-12-19(6-5-17(21)22)7-8-24-13-19/h2-4,9-10H,5-8,11-13H2,1H3. The van der Waals surface area contributed by atoms with Gasteiger partial charge in [-0.15, -0.1) is 11.3 Å². The van der Waals surface area contributed by atoms with E-state index in [0.29, 0.717) is 13.0 Å². The van der Waals surface area contributed by atoms with E-state index in [2.05, 4.69) is 4.98 Å². The highest BCUT2D eigenvalue weighted by molar-refractivity contribution is 7.15. The zero-order valence-corrected chi connectivity index (χ0v) is 15.2. The summed E-state index contributed by atoms with van der Waals surface area (Å²) < 4.78 is 10.9. The van der Waals surface area contributed by atoms with E-state index in [0.717, 1.165) is 53.8 Å². The SMILES string of the molecule is COc1cccc(-c2ncc(CN3CC4(CCOC4)CCC3=O)s2)c1. The summed E-state index contributed by atoms with van der Waals surface area (Å²) in [6.45, 7) is 3.05. The van der Waals surface area contributed by atoms with E-state index in [9.17, 15) is 4.79 Å². The third-order valence-electron chi connectivity index (χ3n) is 5.15. The van der Waals surface area contributed by atoms with E-state index in [4.69, 9.17) is 9.47 Å². The van der Waals surface area contributed by atoms with Crippen LogP contribution in [-0.4, -0.2) is 42.7 Å². The minimum absolute atomic E-state index is 0.175. The quantitative estimate of drug-likeness (QED) is 0.841. The third kappa shape index (κ3) is 3.41. The highest BCUT2D eigenvalue weighted by Gasteiger charge is 2.41. The van der Waals surface area contributed by atoms with Crippen molar-refractivity contribution in [1.82, 2.24) is 9.88 Å². The van der Waals surface area contributed by atoms with E-state index in [1.807, 2.05) is 35.4 Å². The molecule has 0 radical (unpaired) electrons. The van der Waals surface area contributed by atoms with Crippen molar-refractivity contribution in [2.75, 3.05) is 26.9 Å². The van der Waals surface area contributed by atoms with Gasteiger partial charge in [-0.2, -0.15) is 0 Å². The maximum atomic E-state index is 12.4. The highest BCUT2D eigenvalue weighted by Crippen LogP contribution is 2.39. The van der Waals surface area contributed by atoms with Gasteiger partial charge >= 0.3 is 0 Å². The molecule has 0 N–H and O–H groups in total. The largest absolute Gasteiger partial charge is 0.497 e. The van der Waals surface area contributed by atoms with E-state index in [1.165, 1.54) is 0 Å². The number of aromatic nitrogens is 1. The maximum absolute atomic E-state index is 12.4. The number of methoxy groups -OCH3 is 1. The monoisotopic (exact) mass is 358 g/mol. The molecule has 4 rings (SSSR count). The molecule has 1 spiro atoms. The summed E-state index contributed by atoms with van der Waals surface area (Å²) in [5.41, 5.74) is 1.22. The van der Waals surface area contributed by atoms with Crippen molar-refractivity contribution in [3.63, 3.8) is 0 Å². The molecule has 1 unspecified atom stereocenters. The minimum Gasteiger partial charge on any atom is -0.497 e. The Morgan fingerprint density at radius 3 is 3.12 bits per heavy atom. The van der Waals surface area contributed by atoms with Crippen molar-refractivity contribution in [3.8, 4) is 16.3 Å². The van der Waals surface area contributed by atoms with Gasteiger partial charge in [0.2, 0.25) is 5.91 Å². The predicted octanol–water partition coefficient (Wildman–Crippen LogP) is 3.35. The van der Waals surface area contributed by atoms with Crippen LogP contribution in [0.3, 0.4) is 0 Å². The molecule has 25 heavy (non-hydrogen) atoms. The van der Waals surface area contributed by atoms with Crippen LogP contribution in [0.2, 0.25) is 0 Å². The summed E-state index contributed by atoms with van der Waals surface area (Å²) in [6, 6.07) is 7.91. The average molecular weight is 358 g/mol. The number of likely N-dealkylation sites (tertiary alicyclic amines) is 1. The lowest BCUT2D eigenvalue weighted by molar-refractivity contribution is -0.138. The van der Waals surface area contributed by atoms with Crippen LogP contribution >= 0.6 is 11.3 Å². The molecule has 1 aromatic carbocycles. The number of rotatable bonds is 4. The number of amides is 1. The van der Waals surface area contributed by atoms with E-state index in [-0.39, 0.29) is 11.3 Å². The number of carbonyl (C=O) groups is 1. The second-order valence-electron chi connectivity index (χ2n) is 6.92. The Morgan fingerprint density at radius 1 is 1.40 bits per heavy atom. The van der Waals surface area contributed by atoms with Crippen LogP contribution in [0.5, 0.6) is 5.75 Å². The molecule has 2 fully saturated rings. The van der Waals surface area contributed by atoms with Gasteiger partial charge in [0.25, 0.3) is 0 Å². The molecule has 0 aliphatic carbocycles. The maximum Gasteiger partial charge on any atom is 0.222 e. The predicted molar refractivity (Wildman–Crippen MR) is 96.6 cm³/mol. The molecule has 5 nitrogen and oxygen atoms in total. The fourth-order valence-electron chi connectivity index (χ4n) is 3.68. The topological polar surface area (TPSA) is 51.7 Å². The molecular formula is C19H22N2O3S. The number of carbonyl (C=O) groups excluding carboxylic acids is 1. The first-order valence-electron chi connectivity index (χ1n) is 8.62. The molecule has 0 bridgehead atoms. The summed E-state index contributed by atoms with van der Waals surface area (Å²) in [6.07, 6.45) is 4.54. The Labute approximate surface area is 151 Å². The van der Waals surface area contributed by atoms with E-state index in [1.54, 1.807) is 18.4 Å². The first-order valence-corrected chi connectivity index (χ1v) is 9.44. The van der Waals surface area contributed by atoms with Gasteiger partial charge in [0.1, 0.15) is 10.8 Å². The van der Waals surface area contributed by atoms with Crippen LogP contribution in [-0.2, 0) is 16.1 Å². The van der Waals surface area contributed by atoms with Crippen LogP contribution in [0.4, 0.5) is 0 Å². The fraction of sp³-hybridized carbons (Fsp3) is 0.474. The number of hydrogen-bond acceptors (Lipinski definition) is 5. The second kappa shape index (κ2) is 6.77. The normalized spacial score (nSPS) is 23.4. The van der Waals surface area contributed by atoms with Crippen molar-refractivity contribution in [3.05, 3.63) is 35.3 Å². The molecular weight excluding hydrogens is 336 g/mol. The number of thiazole rings is 1. The number of hydrogen-bond donors (Lipinski definition) is 0. The second-order valence-corrected chi connectivity index (χ2v) is 8.03. The van der Waals surface area contributed by atoms with Gasteiger partial charge in [-0.05, 0) is 25.0 Å². The Balaban J connectivity index is 1.49.